The second-order valence-corrected chi connectivity index (χ2v) is 5.53. The molecule has 1 heterocycles. The van der Waals surface area contributed by atoms with Gasteiger partial charge in [-0.15, -0.1) is 0 Å². The Morgan fingerprint density at radius 3 is 2.68 bits per heavy atom. The van der Waals surface area contributed by atoms with Gasteiger partial charge in [0.1, 0.15) is 0 Å². The molecule has 0 aliphatic carbocycles. The average molecular weight is 298 g/mol. The van der Waals surface area contributed by atoms with Gasteiger partial charge >= 0.3 is 0 Å². The summed E-state index contributed by atoms with van der Waals surface area (Å²) in [4.78, 5) is 18.5. The van der Waals surface area contributed by atoms with E-state index in [1.807, 2.05) is 12.1 Å². The molecule has 0 aliphatic rings. The first-order valence-corrected chi connectivity index (χ1v) is 7.57. The quantitative estimate of drug-likeness (QED) is 0.635. The van der Waals surface area contributed by atoms with Gasteiger partial charge in [-0.05, 0) is 23.5 Å². The number of aromatic amines is 1. The molecule has 2 N–H and O–H groups in total. The van der Waals surface area contributed by atoms with Gasteiger partial charge in [0.2, 0.25) is 5.95 Å². The molecule has 0 atom stereocenters. The molecule has 116 valence electrons. The van der Waals surface area contributed by atoms with Crippen molar-refractivity contribution in [3.63, 3.8) is 0 Å². The van der Waals surface area contributed by atoms with E-state index in [1.54, 1.807) is 6.21 Å². The number of hydrogen-bond donors (Lipinski definition) is 2. The summed E-state index contributed by atoms with van der Waals surface area (Å²) in [5.74, 6) is 0.880. The van der Waals surface area contributed by atoms with Crippen LogP contribution in [-0.4, -0.2) is 16.2 Å². The van der Waals surface area contributed by atoms with Gasteiger partial charge in [0.25, 0.3) is 5.56 Å². The number of nitrogens with zero attached hydrogens (tertiary/aromatic N) is 2. The lowest BCUT2D eigenvalue weighted by Crippen LogP contribution is -2.11. The number of hydrogen-bond acceptors (Lipinski definition) is 4. The smallest absolute Gasteiger partial charge is 0.252 e. The monoisotopic (exact) mass is 298 g/mol. The van der Waals surface area contributed by atoms with Crippen molar-refractivity contribution in [3.05, 3.63) is 57.5 Å². The Morgan fingerprint density at radius 2 is 2.05 bits per heavy atom. The zero-order chi connectivity index (χ0) is 15.9. The minimum Gasteiger partial charge on any atom is -0.291 e. The molecule has 0 aliphatic heterocycles. The van der Waals surface area contributed by atoms with Gasteiger partial charge in [0.05, 0.1) is 6.21 Å². The van der Waals surface area contributed by atoms with Crippen LogP contribution in [0.4, 0.5) is 5.95 Å². The van der Waals surface area contributed by atoms with Crippen molar-refractivity contribution >= 4 is 12.2 Å². The fourth-order valence-electron chi connectivity index (χ4n) is 2.08. The highest BCUT2D eigenvalue weighted by Crippen LogP contribution is 2.13. The molecule has 0 fully saturated rings. The predicted molar refractivity (Wildman–Crippen MR) is 90.6 cm³/mol. The van der Waals surface area contributed by atoms with E-state index in [-0.39, 0.29) is 5.56 Å². The van der Waals surface area contributed by atoms with E-state index >= 15 is 0 Å². The van der Waals surface area contributed by atoms with Crippen molar-refractivity contribution in [1.82, 2.24) is 9.97 Å². The first kappa shape index (κ1) is 15.9. The van der Waals surface area contributed by atoms with E-state index < -0.39 is 0 Å². The molecular weight excluding hydrogens is 276 g/mol. The minimum absolute atomic E-state index is 0.169. The van der Waals surface area contributed by atoms with Crippen molar-refractivity contribution in [1.29, 1.82) is 0 Å². The summed E-state index contributed by atoms with van der Waals surface area (Å²) in [6.45, 7) is 6.38. The van der Waals surface area contributed by atoms with Crippen LogP contribution in [0.3, 0.4) is 0 Å². The zero-order valence-electron chi connectivity index (χ0n) is 13.3. The van der Waals surface area contributed by atoms with Gasteiger partial charge in [-0.1, -0.05) is 51.5 Å². The molecule has 5 nitrogen and oxygen atoms in total. The van der Waals surface area contributed by atoms with Crippen LogP contribution >= 0.6 is 0 Å². The van der Waals surface area contributed by atoms with Crippen LogP contribution in [0.1, 0.15) is 49.9 Å². The second-order valence-electron chi connectivity index (χ2n) is 5.53. The molecule has 1 aromatic carbocycles. The number of rotatable bonds is 6. The standard InChI is InChI=1S/C17H22N4O/c1-4-5-15-10-16(22)20-17(19-15)21-18-11-13-6-8-14(9-7-13)12(2)3/h6-12H,4-5H2,1-3H3,(H2,19,20,21,22)/b18-11+. The summed E-state index contributed by atoms with van der Waals surface area (Å²) in [5, 5.41) is 4.12. The van der Waals surface area contributed by atoms with Crippen LogP contribution in [-0.2, 0) is 6.42 Å². The highest BCUT2D eigenvalue weighted by atomic mass is 16.1. The largest absolute Gasteiger partial charge is 0.291 e. The van der Waals surface area contributed by atoms with Crippen LogP contribution in [0, 0.1) is 0 Å². The molecule has 0 saturated heterocycles. The summed E-state index contributed by atoms with van der Waals surface area (Å²) in [6, 6.07) is 9.74. The summed E-state index contributed by atoms with van der Waals surface area (Å²) in [6.07, 6.45) is 3.43. The van der Waals surface area contributed by atoms with Gasteiger partial charge in [-0.2, -0.15) is 5.10 Å². The number of hydrazone groups is 1. The third-order valence-corrected chi connectivity index (χ3v) is 3.29. The second kappa shape index (κ2) is 7.54. The fourth-order valence-corrected chi connectivity index (χ4v) is 2.08. The van der Waals surface area contributed by atoms with Gasteiger partial charge in [-0.25, -0.2) is 10.4 Å². The number of aryl methyl sites for hydroxylation is 1. The van der Waals surface area contributed by atoms with Crippen molar-refractivity contribution < 1.29 is 0 Å². The van der Waals surface area contributed by atoms with Gasteiger partial charge in [0, 0.05) is 11.8 Å². The average Bonchev–Trinajstić information content (AvgIpc) is 2.47. The summed E-state index contributed by atoms with van der Waals surface area (Å²) in [5.41, 5.74) is 5.66. The summed E-state index contributed by atoms with van der Waals surface area (Å²) < 4.78 is 0. The van der Waals surface area contributed by atoms with Crippen molar-refractivity contribution in [2.24, 2.45) is 5.10 Å². The highest BCUT2D eigenvalue weighted by Gasteiger charge is 2.00. The van der Waals surface area contributed by atoms with Crippen molar-refractivity contribution in [3.8, 4) is 0 Å². The molecule has 5 heteroatoms. The van der Waals surface area contributed by atoms with Crippen LogP contribution in [0.15, 0.2) is 40.2 Å². The zero-order valence-corrected chi connectivity index (χ0v) is 13.3. The van der Waals surface area contributed by atoms with Crippen LogP contribution < -0.4 is 11.0 Å². The molecular formula is C17H22N4O. The molecule has 0 bridgehead atoms. The maximum absolute atomic E-state index is 11.5. The number of aromatic nitrogens is 2. The fraction of sp³-hybridized carbons (Fsp3) is 0.353. The summed E-state index contributed by atoms with van der Waals surface area (Å²) >= 11 is 0. The molecule has 0 unspecified atom stereocenters. The van der Waals surface area contributed by atoms with E-state index in [2.05, 4.69) is 53.4 Å². The lowest BCUT2D eigenvalue weighted by atomic mass is 10.0. The van der Waals surface area contributed by atoms with Crippen LogP contribution in [0.2, 0.25) is 0 Å². The van der Waals surface area contributed by atoms with Gasteiger partial charge in [-0.3, -0.25) is 9.78 Å². The first-order chi connectivity index (χ1) is 10.6. The van der Waals surface area contributed by atoms with Crippen LogP contribution in [0.25, 0.3) is 0 Å². The van der Waals surface area contributed by atoms with E-state index in [9.17, 15) is 4.79 Å². The van der Waals surface area contributed by atoms with Crippen molar-refractivity contribution in [2.45, 2.75) is 39.5 Å². The molecule has 2 aromatic rings. The predicted octanol–water partition coefficient (Wildman–Crippen LogP) is 3.29. The normalized spacial score (nSPS) is 11.3. The minimum atomic E-state index is -0.169. The van der Waals surface area contributed by atoms with E-state index in [4.69, 9.17) is 0 Å². The van der Waals surface area contributed by atoms with Gasteiger partial charge in [0.15, 0.2) is 0 Å². The van der Waals surface area contributed by atoms with E-state index in [1.165, 1.54) is 11.6 Å². The Kier molecular flexibility index (Phi) is 5.47. The number of anilines is 1. The summed E-state index contributed by atoms with van der Waals surface area (Å²) in [7, 11) is 0. The third kappa shape index (κ3) is 4.55. The molecule has 22 heavy (non-hydrogen) atoms. The number of H-pyrrole nitrogens is 1. The van der Waals surface area contributed by atoms with Crippen molar-refractivity contribution in [2.75, 3.05) is 5.43 Å². The number of nitrogens with one attached hydrogen (secondary N) is 2. The molecule has 0 amide bonds. The maximum atomic E-state index is 11.5. The van der Waals surface area contributed by atoms with E-state index in [0.29, 0.717) is 11.9 Å². The Hall–Kier alpha value is -2.43. The topological polar surface area (TPSA) is 70.1 Å². The SMILES string of the molecule is CCCc1cc(=O)[nH]c(N/N=C/c2ccc(C(C)C)cc2)n1. The Labute approximate surface area is 130 Å². The molecule has 0 spiro atoms. The Bertz CT molecular complexity index is 687. The van der Waals surface area contributed by atoms with E-state index in [0.717, 1.165) is 24.1 Å². The number of benzene rings is 1. The Morgan fingerprint density at radius 1 is 1.32 bits per heavy atom. The lowest BCUT2D eigenvalue weighted by Gasteiger charge is -2.04. The lowest BCUT2D eigenvalue weighted by molar-refractivity contribution is 0.866. The molecule has 1 aromatic heterocycles. The van der Waals surface area contributed by atoms with Crippen LogP contribution in [0.5, 0.6) is 0 Å². The molecule has 0 radical (unpaired) electrons. The third-order valence-electron chi connectivity index (χ3n) is 3.29. The maximum Gasteiger partial charge on any atom is 0.252 e. The Balaban J connectivity index is 2.04. The molecule has 2 rings (SSSR count). The first-order valence-electron chi connectivity index (χ1n) is 7.57. The van der Waals surface area contributed by atoms with Gasteiger partial charge < -0.3 is 0 Å². The highest BCUT2D eigenvalue weighted by molar-refractivity contribution is 5.80. The molecule has 0 saturated carbocycles.